The smallest absolute Gasteiger partial charge is 0.231 e. The van der Waals surface area contributed by atoms with E-state index in [0.29, 0.717) is 13.0 Å². The predicted molar refractivity (Wildman–Crippen MR) is 108 cm³/mol. The molecule has 3 aromatic rings. The topological polar surface area (TPSA) is 56.2 Å². The number of nitrogens with one attached hydrogen (secondary N) is 1. The van der Waals surface area contributed by atoms with Crippen LogP contribution in [-0.4, -0.2) is 22.1 Å². The van der Waals surface area contributed by atoms with Gasteiger partial charge >= 0.3 is 0 Å². The second kappa shape index (κ2) is 7.15. The number of fused-ring (bicyclic) bond motifs is 2. The number of rotatable bonds is 3. The number of carbonyl (C=O) groups excluding carboxylic acids is 1. The third kappa shape index (κ3) is 3.17. The summed E-state index contributed by atoms with van der Waals surface area (Å²) in [5.74, 6) is 1.73. The van der Waals surface area contributed by atoms with Crippen molar-refractivity contribution in [1.29, 1.82) is 0 Å². The van der Waals surface area contributed by atoms with Gasteiger partial charge in [-0.05, 0) is 61.6 Å². The van der Waals surface area contributed by atoms with Gasteiger partial charge in [0.15, 0.2) is 0 Å². The van der Waals surface area contributed by atoms with Gasteiger partial charge in [0.25, 0.3) is 0 Å². The highest BCUT2D eigenvalue weighted by Crippen LogP contribution is 2.28. The maximum atomic E-state index is 12.7. The molecule has 0 spiro atoms. The first kappa shape index (κ1) is 17.0. The maximum absolute atomic E-state index is 12.7. The fourth-order valence-corrected chi connectivity index (χ4v) is 4.11. The normalized spacial score (nSPS) is 17.9. The maximum Gasteiger partial charge on any atom is 0.231 e. The van der Waals surface area contributed by atoms with Crippen LogP contribution in [-0.2, 0) is 24.2 Å². The van der Waals surface area contributed by atoms with Gasteiger partial charge in [-0.3, -0.25) is 4.79 Å². The molecule has 0 saturated carbocycles. The Bertz CT molecular complexity index is 1010. The van der Waals surface area contributed by atoms with Crippen LogP contribution in [0.15, 0.2) is 54.7 Å². The zero-order chi connectivity index (χ0) is 18.9. The molecular weight excluding hydrogens is 350 g/mol. The number of anilines is 1. The van der Waals surface area contributed by atoms with E-state index in [-0.39, 0.29) is 11.8 Å². The summed E-state index contributed by atoms with van der Waals surface area (Å²) in [6, 6.07) is 15.9. The number of aromatic nitrogens is 2. The lowest BCUT2D eigenvalue weighted by molar-refractivity contribution is -0.121. The van der Waals surface area contributed by atoms with E-state index < -0.39 is 0 Å². The van der Waals surface area contributed by atoms with Crippen LogP contribution in [0, 0.1) is 5.92 Å². The summed E-state index contributed by atoms with van der Waals surface area (Å²) in [4.78, 5) is 17.3. The minimum Gasteiger partial charge on any atom is -0.492 e. The molecule has 142 valence electrons. The molecule has 2 aromatic carbocycles. The van der Waals surface area contributed by atoms with Crippen LogP contribution < -0.4 is 10.1 Å². The first-order chi connectivity index (χ1) is 13.8. The van der Waals surface area contributed by atoms with Gasteiger partial charge in [0.2, 0.25) is 5.91 Å². The molecule has 1 aromatic heterocycles. The van der Waals surface area contributed by atoms with Gasteiger partial charge in [0, 0.05) is 29.7 Å². The van der Waals surface area contributed by atoms with Gasteiger partial charge in [-0.2, -0.15) is 0 Å². The predicted octanol–water partition coefficient (Wildman–Crippen LogP) is 4.08. The molecule has 0 aliphatic carbocycles. The van der Waals surface area contributed by atoms with Crippen molar-refractivity contribution in [3.8, 4) is 17.1 Å². The molecule has 1 atom stereocenters. The highest BCUT2D eigenvalue weighted by atomic mass is 16.5. The van der Waals surface area contributed by atoms with E-state index in [9.17, 15) is 4.79 Å². The van der Waals surface area contributed by atoms with E-state index in [2.05, 4.69) is 14.9 Å². The first-order valence-corrected chi connectivity index (χ1v) is 9.94. The van der Waals surface area contributed by atoms with Crippen molar-refractivity contribution >= 4 is 11.6 Å². The Morgan fingerprint density at radius 1 is 1.11 bits per heavy atom. The second-order valence-electron chi connectivity index (χ2n) is 7.57. The molecule has 0 bridgehead atoms. The van der Waals surface area contributed by atoms with Gasteiger partial charge in [0.05, 0.1) is 5.92 Å². The number of benzene rings is 2. The number of ether oxygens (including phenoxy) is 1. The van der Waals surface area contributed by atoms with Crippen LogP contribution in [0.1, 0.15) is 24.1 Å². The molecule has 28 heavy (non-hydrogen) atoms. The Labute approximate surface area is 164 Å². The monoisotopic (exact) mass is 373 g/mol. The van der Waals surface area contributed by atoms with Crippen LogP contribution in [0.5, 0.6) is 5.75 Å². The average Bonchev–Trinajstić information content (AvgIpc) is 3.18. The van der Waals surface area contributed by atoms with Crippen LogP contribution in [0.2, 0.25) is 0 Å². The number of imidazole rings is 1. The molecule has 5 heteroatoms. The van der Waals surface area contributed by atoms with Crippen molar-refractivity contribution in [3.63, 3.8) is 0 Å². The van der Waals surface area contributed by atoms with Crippen molar-refractivity contribution < 1.29 is 9.53 Å². The largest absolute Gasteiger partial charge is 0.492 e. The quantitative estimate of drug-likeness (QED) is 0.753. The molecule has 0 fully saturated rings. The standard InChI is InChI=1S/C23H23N3O2/c27-23(18-13-17-5-1-2-7-21(17)28-15-18)25-19-10-8-16(9-11-19)22-24-14-20-6-3-4-12-26(20)22/h1-2,5,7-11,14,18H,3-4,6,12-13,15H2,(H,25,27). The number of para-hydroxylation sites is 1. The number of carbonyl (C=O) groups is 1. The van der Waals surface area contributed by atoms with Crippen molar-refractivity contribution in [3.05, 3.63) is 66.0 Å². The molecule has 1 amide bonds. The molecule has 2 aliphatic rings. The number of amides is 1. The number of nitrogens with zero attached hydrogens (tertiary/aromatic N) is 2. The summed E-state index contributed by atoms with van der Waals surface area (Å²) in [6.07, 6.45) is 6.25. The summed E-state index contributed by atoms with van der Waals surface area (Å²) in [5, 5.41) is 3.03. The molecule has 2 aliphatic heterocycles. The highest BCUT2D eigenvalue weighted by Gasteiger charge is 2.26. The van der Waals surface area contributed by atoms with Crippen LogP contribution >= 0.6 is 0 Å². The lowest BCUT2D eigenvalue weighted by atomic mass is 9.96. The van der Waals surface area contributed by atoms with Crippen molar-refractivity contribution in [2.24, 2.45) is 5.92 Å². The number of hydrogen-bond acceptors (Lipinski definition) is 3. The Morgan fingerprint density at radius 3 is 2.86 bits per heavy atom. The van der Waals surface area contributed by atoms with Crippen LogP contribution in [0.3, 0.4) is 0 Å². The summed E-state index contributed by atoms with van der Waals surface area (Å²) < 4.78 is 8.06. The minimum atomic E-state index is -0.172. The Hall–Kier alpha value is -3.08. The number of hydrogen-bond donors (Lipinski definition) is 1. The van der Waals surface area contributed by atoms with Gasteiger partial charge < -0.3 is 14.6 Å². The second-order valence-corrected chi connectivity index (χ2v) is 7.57. The zero-order valence-electron chi connectivity index (χ0n) is 15.7. The SMILES string of the molecule is O=C(Nc1ccc(-c2ncc3n2CCCC3)cc1)C1COc2ccccc2C1. The molecule has 0 saturated heterocycles. The third-order valence-corrected chi connectivity index (χ3v) is 5.66. The third-order valence-electron chi connectivity index (χ3n) is 5.66. The minimum absolute atomic E-state index is 0.000411. The Morgan fingerprint density at radius 2 is 1.96 bits per heavy atom. The van der Waals surface area contributed by atoms with Crippen molar-refractivity contribution in [1.82, 2.24) is 9.55 Å². The van der Waals surface area contributed by atoms with E-state index >= 15 is 0 Å². The summed E-state index contributed by atoms with van der Waals surface area (Å²) >= 11 is 0. The average molecular weight is 373 g/mol. The lowest BCUT2D eigenvalue weighted by Crippen LogP contribution is -2.32. The lowest BCUT2D eigenvalue weighted by Gasteiger charge is -2.24. The molecule has 5 rings (SSSR count). The fourth-order valence-electron chi connectivity index (χ4n) is 4.11. The summed E-state index contributed by atoms with van der Waals surface area (Å²) in [5.41, 5.74) is 4.30. The molecule has 5 nitrogen and oxygen atoms in total. The summed E-state index contributed by atoms with van der Waals surface area (Å²) in [7, 11) is 0. The van der Waals surface area contributed by atoms with E-state index in [1.807, 2.05) is 54.7 Å². The van der Waals surface area contributed by atoms with Crippen molar-refractivity contribution in [2.45, 2.75) is 32.2 Å². The molecular formula is C23H23N3O2. The molecule has 1 unspecified atom stereocenters. The fraction of sp³-hybridized carbons (Fsp3) is 0.304. The van der Waals surface area contributed by atoms with Gasteiger partial charge in [-0.15, -0.1) is 0 Å². The number of aryl methyl sites for hydroxylation is 1. The van der Waals surface area contributed by atoms with E-state index in [0.717, 1.165) is 41.4 Å². The highest BCUT2D eigenvalue weighted by molar-refractivity contribution is 5.93. The van der Waals surface area contributed by atoms with Crippen LogP contribution in [0.25, 0.3) is 11.4 Å². The zero-order valence-corrected chi connectivity index (χ0v) is 15.7. The summed E-state index contributed by atoms with van der Waals surface area (Å²) in [6.45, 7) is 1.45. The Kier molecular flexibility index (Phi) is 4.35. The van der Waals surface area contributed by atoms with Crippen LogP contribution in [0.4, 0.5) is 5.69 Å². The van der Waals surface area contributed by atoms with Crippen molar-refractivity contribution in [2.75, 3.05) is 11.9 Å². The Balaban J connectivity index is 1.28. The van der Waals surface area contributed by atoms with Gasteiger partial charge in [-0.25, -0.2) is 4.98 Å². The van der Waals surface area contributed by atoms with E-state index in [1.165, 1.54) is 18.5 Å². The first-order valence-electron chi connectivity index (χ1n) is 9.94. The molecule has 0 radical (unpaired) electrons. The molecule has 3 heterocycles. The van der Waals surface area contributed by atoms with E-state index in [4.69, 9.17) is 4.74 Å². The van der Waals surface area contributed by atoms with Gasteiger partial charge in [0.1, 0.15) is 18.2 Å². The van der Waals surface area contributed by atoms with Gasteiger partial charge in [-0.1, -0.05) is 18.2 Å². The van der Waals surface area contributed by atoms with E-state index in [1.54, 1.807) is 0 Å². The molecule has 1 N–H and O–H groups in total.